The van der Waals surface area contributed by atoms with Gasteiger partial charge in [0.2, 0.25) is 0 Å². The average Bonchev–Trinajstić information content (AvgIpc) is 3.71. The van der Waals surface area contributed by atoms with Crippen molar-refractivity contribution in [1.29, 1.82) is 0 Å². The van der Waals surface area contributed by atoms with Gasteiger partial charge in [0.15, 0.2) is 0 Å². The number of phenolic OH excluding ortho intramolecular Hbond substituents is 1. The molecule has 1 N–H and O–H groups in total. The summed E-state index contributed by atoms with van der Waals surface area (Å²) >= 11 is 0. The van der Waals surface area contributed by atoms with Gasteiger partial charge in [0.1, 0.15) is 11.6 Å². The second kappa shape index (κ2) is 18.0. The van der Waals surface area contributed by atoms with E-state index in [4.69, 9.17) is 17.3 Å². The molecule has 0 aliphatic carbocycles. The third-order valence-electron chi connectivity index (χ3n) is 13.0. The summed E-state index contributed by atoms with van der Waals surface area (Å²) in [4.78, 5) is 10.00. The molecule has 0 unspecified atom stereocenters. The zero-order valence-electron chi connectivity index (χ0n) is 49.4. The summed E-state index contributed by atoms with van der Waals surface area (Å²) in [7, 11) is 0. The molecule has 4 nitrogen and oxygen atoms in total. The van der Waals surface area contributed by atoms with Gasteiger partial charge in [0, 0.05) is 42.6 Å². The SMILES string of the molecule is [2H]c1nc(-c2[c-]c(-c3cccc4c3nc(-c3cc(C(C)C)cc(C(C)C)c3O)n4-c3ccc(C(C)(C)C(C)(C)C)cc3-c3ccccc3)cc(C(C)(C)C)c2)c([2H])c(-c2c([2H])c([2H])c(C([2H])([2H])[2H])c([2H])c2[2H])c1[2H].[Pt]. The van der Waals surface area contributed by atoms with Gasteiger partial charge >= 0.3 is 0 Å². The molecule has 2 aromatic heterocycles. The Morgan fingerprint density at radius 1 is 0.677 bits per heavy atom. The van der Waals surface area contributed by atoms with E-state index in [2.05, 4.69) is 114 Å². The Labute approximate surface area is 416 Å². The number of pyridine rings is 1. The molecule has 0 aliphatic heterocycles. The largest absolute Gasteiger partial charge is 0.507 e. The Kier molecular flexibility index (Phi) is 9.88. The van der Waals surface area contributed by atoms with E-state index in [9.17, 15) is 6.48 Å². The van der Waals surface area contributed by atoms with Crippen molar-refractivity contribution in [3.63, 3.8) is 0 Å². The molecule has 0 spiro atoms. The van der Waals surface area contributed by atoms with Crippen molar-refractivity contribution >= 4 is 11.0 Å². The topological polar surface area (TPSA) is 50.9 Å². The van der Waals surface area contributed by atoms with Gasteiger partial charge in [0.25, 0.3) is 0 Å². The molecule has 0 bridgehead atoms. The predicted octanol–water partition coefficient (Wildman–Crippen LogP) is 16.4. The minimum Gasteiger partial charge on any atom is -0.507 e. The van der Waals surface area contributed by atoms with E-state index in [1.54, 1.807) is 0 Å². The van der Waals surface area contributed by atoms with Crippen LogP contribution in [0.5, 0.6) is 5.75 Å². The zero-order valence-corrected chi connectivity index (χ0v) is 41.7. The predicted molar refractivity (Wildman–Crippen MR) is 271 cm³/mol. The molecule has 0 amide bonds. The van der Waals surface area contributed by atoms with Gasteiger partial charge in [-0.25, -0.2) is 4.98 Å². The Hall–Kier alpha value is -5.57. The van der Waals surface area contributed by atoms with Gasteiger partial charge in [-0.1, -0.05) is 185 Å². The molecule has 0 fully saturated rings. The Morgan fingerprint density at radius 3 is 2.03 bits per heavy atom. The fraction of sp³-hybridized carbons (Fsp3) is 0.300. The van der Waals surface area contributed by atoms with Crippen LogP contribution in [0, 0.1) is 18.3 Å². The summed E-state index contributed by atoms with van der Waals surface area (Å²) in [6.07, 6.45) is -0.584. The number of aromatic hydroxyl groups is 1. The fourth-order valence-electron chi connectivity index (χ4n) is 8.05. The maximum Gasteiger partial charge on any atom is 0.148 e. The van der Waals surface area contributed by atoms with Crippen LogP contribution in [0.1, 0.15) is 136 Å². The minimum atomic E-state index is -2.97. The van der Waals surface area contributed by atoms with Gasteiger partial charge in [-0.15, -0.1) is 29.3 Å². The molecule has 0 saturated heterocycles. The second-order valence-electron chi connectivity index (χ2n) is 20.1. The molecule has 0 atom stereocenters. The minimum absolute atomic E-state index is 0. The first-order valence-corrected chi connectivity index (χ1v) is 22.1. The number of hydrogen-bond donors (Lipinski definition) is 1. The number of para-hydroxylation sites is 1. The average molecular weight is 1050 g/mol. The van der Waals surface area contributed by atoms with Crippen LogP contribution in [0.15, 0.2) is 133 Å². The van der Waals surface area contributed by atoms with Crippen LogP contribution in [-0.4, -0.2) is 19.6 Å². The first-order chi connectivity index (χ1) is 34.4. The molecule has 6 aromatic carbocycles. The summed E-state index contributed by atoms with van der Waals surface area (Å²) in [6.45, 7) is 22.8. The van der Waals surface area contributed by atoms with Crippen molar-refractivity contribution in [1.82, 2.24) is 14.5 Å². The number of benzene rings is 6. The third kappa shape index (κ3) is 9.17. The van der Waals surface area contributed by atoms with E-state index in [1.165, 1.54) is 0 Å². The van der Waals surface area contributed by atoms with Crippen LogP contribution in [0.4, 0.5) is 0 Å². The summed E-state index contributed by atoms with van der Waals surface area (Å²) in [5.74, 6) is 0.792. The molecule has 8 aromatic rings. The Bertz CT molecular complexity index is 3500. The fourth-order valence-corrected chi connectivity index (χ4v) is 8.05. The summed E-state index contributed by atoms with van der Waals surface area (Å²) in [6, 6.07) is 30.1. The van der Waals surface area contributed by atoms with Crippen LogP contribution in [0.3, 0.4) is 0 Å². The molecular weight excluding hydrogens is 974 g/mol. The zero-order chi connectivity index (χ0) is 54.5. The van der Waals surface area contributed by atoms with Gasteiger partial charge < -0.3 is 5.11 Å². The van der Waals surface area contributed by atoms with E-state index in [1.807, 2.05) is 75.4 Å². The summed E-state index contributed by atoms with van der Waals surface area (Å²) in [5, 5.41) is 12.4. The van der Waals surface area contributed by atoms with Crippen LogP contribution in [0.25, 0.3) is 72.7 Å². The summed E-state index contributed by atoms with van der Waals surface area (Å²) in [5.41, 5.74) is 7.53. The van der Waals surface area contributed by atoms with Crippen molar-refractivity contribution in [2.45, 2.75) is 113 Å². The van der Waals surface area contributed by atoms with Gasteiger partial charge in [-0.3, -0.25) is 9.55 Å². The second-order valence-corrected chi connectivity index (χ2v) is 20.1. The quantitative estimate of drug-likeness (QED) is 0.147. The number of aromatic nitrogens is 3. The van der Waals surface area contributed by atoms with Crippen molar-refractivity contribution < 1.29 is 39.9 Å². The molecule has 0 radical (unpaired) electrons. The standard InChI is InChI=1S/C60H64N3O.Pt/c1-37(2)43-33-49(38(3)4)56(64)51(34-43)57-62-55-48(44-30-45(32-47(31-44)58(6,7)8)52-35-42(28-29-61-52)40-24-22-39(5)23-25-40)20-17-21-54(55)63(57)53-27-26-46(60(12,13)59(9,10)11)36-50(53)41-18-15-14-16-19-41;/h14-29,31-38,64H,1-13H3;/q-1;/i5D3,22D,23D,24D,25D,28D,29D,35D;. The van der Waals surface area contributed by atoms with Gasteiger partial charge in [-0.2, -0.15) is 0 Å². The van der Waals surface area contributed by atoms with Crippen molar-refractivity contribution in [2.24, 2.45) is 5.41 Å². The molecule has 0 aliphatic rings. The smallest absolute Gasteiger partial charge is 0.148 e. The van der Waals surface area contributed by atoms with Gasteiger partial charge in [0.05, 0.1) is 31.9 Å². The van der Waals surface area contributed by atoms with Crippen LogP contribution in [-0.2, 0) is 31.9 Å². The normalized spacial score (nSPS) is 14.7. The molecular formula is C60H64N3OPt-. The number of imidazole rings is 1. The number of rotatable bonds is 9. The third-order valence-corrected chi connectivity index (χ3v) is 13.0. The van der Waals surface area contributed by atoms with Gasteiger partial charge in [-0.05, 0) is 98.6 Å². The Morgan fingerprint density at radius 2 is 1.38 bits per heavy atom. The van der Waals surface area contributed by atoms with Crippen LogP contribution >= 0.6 is 0 Å². The van der Waals surface area contributed by atoms with E-state index >= 15 is 0 Å². The van der Waals surface area contributed by atoms with Crippen molar-refractivity contribution in [3.05, 3.63) is 167 Å². The molecule has 2 heterocycles. The van der Waals surface area contributed by atoms with E-state index < -0.39 is 65.8 Å². The van der Waals surface area contributed by atoms with Crippen molar-refractivity contribution in [3.8, 4) is 67.5 Å². The first kappa shape index (κ1) is 35.7. The molecule has 5 heteroatoms. The maximum atomic E-state index is 12.4. The monoisotopic (exact) mass is 1050 g/mol. The van der Waals surface area contributed by atoms with Crippen LogP contribution < -0.4 is 0 Å². The number of hydrogen-bond acceptors (Lipinski definition) is 3. The number of fused-ring (bicyclic) bond motifs is 1. The first-order valence-electron chi connectivity index (χ1n) is 27.1. The number of nitrogens with zero attached hydrogens (tertiary/aromatic N) is 3. The van der Waals surface area contributed by atoms with Crippen molar-refractivity contribution in [2.75, 3.05) is 0 Å². The van der Waals surface area contributed by atoms with E-state index in [0.717, 1.165) is 44.6 Å². The number of phenols is 1. The molecule has 65 heavy (non-hydrogen) atoms. The molecule has 336 valence electrons. The van der Waals surface area contributed by atoms with E-state index in [0.29, 0.717) is 28.0 Å². The van der Waals surface area contributed by atoms with E-state index in [-0.39, 0.29) is 66.3 Å². The maximum absolute atomic E-state index is 12.4. The van der Waals surface area contributed by atoms with Crippen LogP contribution in [0.2, 0.25) is 0 Å². The molecule has 8 rings (SSSR count). The molecule has 0 saturated carbocycles. The summed E-state index contributed by atoms with van der Waals surface area (Å²) < 4.78 is 88.4. The Balaban J connectivity index is 0.00000820.